The van der Waals surface area contributed by atoms with E-state index in [1.807, 2.05) is 0 Å². The van der Waals surface area contributed by atoms with Crippen LogP contribution in [-0.4, -0.2) is 27.4 Å². The number of carbonyl (C=O) groups is 1. The molecule has 1 aromatic heterocycles. The first kappa shape index (κ1) is 21.3. The Hall–Kier alpha value is -2.41. The van der Waals surface area contributed by atoms with Crippen molar-refractivity contribution in [1.29, 1.82) is 0 Å². The SMILES string of the molecule is Cc1cn([C@H]2CCC[C@@H](OC(C)OP=O)C2)c(=O)n(C(=O)c2ccccc2)c1=O. The van der Waals surface area contributed by atoms with Gasteiger partial charge in [0.25, 0.3) is 11.5 Å². The largest absolute Gasteiger partial charge is 0.349 e. The molecule has 29 heavy (non-hydrogen) atoms. The lowest BCUT2D eigenvalue weighted by Crippen LogP contribution is -2.46. The number of carbonyl (C=O) groups excluding carboxylic acids is 1. The van der Waals surface area contributed by atoms with Crippen molar-refractivity contribution in [2.75, 3.05) is 0 Å². The van der Waals surface area contributed by atoms with Crippen molar-refractivity contribution in [1.82, 2.24) is 9.13 Å². The predicted octanol–water partition coefficient (Wildman–Crippen LogP) is 3.08. The summed E-state index contributed by atoms with van der Waals surface area (Å²) in [5, 5.41) is 0. The molecule has 1 fully saturated rings. The molecule has 1 aliphatic carbocycles. The maximum absolute atomic E-state index is 13.1. The highest BCUT2D eigenvalue weighted by atomic mass is 31.1. The molecule has 154 valence electrons. The Balaban J connectivity index is 1.93. The van der Waals surface area contributed by atoms with Gasteiger partial charge in [-0.1, -0.05) is 18.2 Å². The standard InChI is InChI=1S/C20H23N2O6P/c1-13-12-21(16-9-6-10-17(11-16)27-14(2)28-29-26)20(25)22(18(13)23)19(24)15-7-4-3-5-8-15/h3-5,7-8,12,14,16-17H,6,9-11H2,1-2H3/t14?,16-,17+/m0/s1. The number of rotatable bonds is 6. The minimum Gasteiger partial charge on any atom is -0.349 e. The van der Waals surface area contributed by atoms with Crippen molar-refractivity contribution >= 4 is 14.6 Å². The predicted molar refractivity (Wildman–Crippen MR) is 106 cm³/mol. The van der Waals surface area contributed by atoms with Gasteiger partial charge in [0.05, 0.1) is 6.10 Å². The van der Waals surface area contributed by atoms with E-state index in [1.165, 1.54) is 10.8 Å². The molecule has 0 saturated heterocycles. The first-order valence-corrected chi connectivity index (χ1v) is 10.2. The average Bonchev–Trinajstić information content (AvgIpc) is 2.71. The van der Waals surface area contributed by atoms with Gasteiger partial charge in [-0.25, -0.2) is 9.36 Å². The molecule has 0 N–H and O–H groups in total. The van der Waals surface area contributed by atoms with Gasteiger partial charge in [0, 0.05) is 23.4 Å². The van der Waals surface area contributed by atoms with Crippen molar-refractivity contribution < 1.29 is 18.6 Å². The number of ether oxygens (including phenoxy) is 1. The molecule has 2 aromatic rings. The van der Waals surface area contributed by atoms with Crippen LogP contribution in [0.5, 0.6) is 0 Å². The second-order valence-electron chi connectivity index (χ2n) is 7.14. The van der Waals surface area contributed by atoms with E-state index in [-0.39, 0.29) is 17.7 Å². The van der Waals surface area contributed by atoms with Gasteiger partial charge in [-0.2, -0.15) is 4.57 Å². The van der Waals surface area contributed by atoms with Crippen LogP contribution in [0.25, 0.3) is 0 Å². The van der Waals surface area contributed by atoms with Gasteiger partial charge in [-0.3, -0.25) is 18.7 Å². The summed E-state index contributed by atoms with van der Waals surface area (Å²) in [5.74, 6) is -0.641. The molecule has 1 unspecified atom stereocenters. The van der Waals surface area contributed by atoms with Crippen molar-refractivity contribution in [3.8, 4) is 0 Å². The zero-order chi connectivity index (χ0) is 21.0. The zero-order valence-corrected chi connectivity index (χ0v) is 17.2. The van der Waals surface area contributed by atoms with Crippen molar-refractivity contribution in [2.24, 2.45) is 0 Å². The van der Waals surface area contributed by atoms with Gasteiger partial charge in [-0.05, 0) is 51.7 Å². The lowest BCUT2D eigenvalue weighted by molar-refractivity contribution is -0.116. The lowest BCUT2D eigenvalue weighted by Gasteiger charge is -2.31. The van der Waals surface area contributed by atoms with Crippen molar-refractivity contribution in [2.45, 2.75) is 58.0 Å². The third-order valence-corrected chi connectivity index (χ3v) is 5.46. The van der Waals surface area contributed by atoms with Gasteiger partial charge >= 0.3 is 14.4 Å². The molecule has 0 amide bonds. The molecule has 9 heteroatoms. The van der Waals surface area contributed by atoms with Gasteiger partial charge in [0.2, 0.25) is 0 Å². The molecule has 3 rings (SSSR count). The van der Waals surface area contributed by atoms with Crippen molar-refractivity contribution in [3.63, 3.8) is 0 Å². The van der Waals surface area contributed by atoms with Crippen LogP contribution in [0.4, 0.5) is 0 Å². The van der Waals surface area contributed by atoms with E-state index in [4.69, 9.17) is 9.26 Å². The van der Waals surface area contributed by atoms with Gasteiger partial charge < -0.3 is 4.74 Å². The normalized spacial score (nSPS) is 20.5. The molecular weight excluding hydrogens is 395 g/mol. The Morgan fingerprint density at radius 2 is 1.93 bits per heavy atom. The smallest absolute Gasteiger partial charge is 0.338 e. The van der Waals surface area contributed by atoms with Crippen LogP contribution in [0.1, 0.15) is 54.6 Å². The molecule has 3 atom stereocenters. The van der Waals surface area contributed by atoms with E-state index in [0.717, 1.165) is 19.3 Å². The third kappa shape index (κ3) is 4.78. The topological polar surface area (TPSA) is 96.6 Å². The molecule has 1 aromatic carbocycles. The number of aromatic nitrogens is 2. The van der Waals surface area contributed by atoms with Crippen LogP contribution in [0.15, 0.2) is 46.1 Å². The molecule has 0 bridgehead atoms. The summed E-state index contributed by atoms with van der Waals surface area (Å²) in [7, 11) is -0.452. The Labute approximate surface area is 169 Å². The van der Waals surface area contributed by atoms with Gasteiger partial charge in [0.15, 0.2) is 6.29 Å². The van der Waals surface area contributed by atoms with Crippen LogP contribution in [-0.2, 0) is 13.8 Å². The first-order valence-electron chi connectivity index (χ1n) is 9.51. The molecule has 0 spiro atoms. The van der Waals surface area contributed by atoms with E-state index < -0.39 is 32.1 Å². The summed E-state index contributed by atoms with van der Waals surface area (Å²) in [6, 6.07) is 8.05. The van der Waals surface area contributed by atoms with E-state index in [1.54, 1.807) is 44.2 Å². The fourth-order valence-corrected chi connectivity index (χ4v) is 3.87. The van der Waals surface area contributed by atoms with Crippen LogP contribution in [0, 0.1) is 6.92 Å². The molecule has 1 aliphatic rings. The van der Waals surface area contributed by atoms with Gasteiger partial charge in [0.1, 0.15) is 0 Å². The fraction of sp³-hybridized carbons (Fsp3) is 0.450. The Kier molecular flexibility index (Phi) is 6.90. The van der Waals surface area contributed by atoms with Crippen LogP contribution >= 0.6 is 8.69 Å². The molecule has 0 radical (unpaired) electrons. The van der Waals surface area contributed by atoms with E-state index in [2.05, 4.69) is 0 Å². The highest BCUT2D eigenvalue weighted by Gasteiger charge is 2.28. The van der Waals surface area contributed by atoms with Crippen LogP contribution in [0.2, 0.25) is 0 Å². The number of benzene rings is 1. The van der Waals surface area contributed by atoms with Gasteiger partial charge in [-0.15, -0.1) is 0 Å². The Morgan fingerprint density at radius 1 is 1.21 bits per heavy atom. The van der Waals surface area contributed by atoms with E-state index in [9.17, 15) is 18.9 Å². The zero-order valence-electron chi connectivity index (χ0n) is 16.3. The Morgan fingerprint density at radius 3 is 2.62 bits per heavy atom. The Bertz CT molecular complexity index is 1000. The summed E-state index contributed by atoms with van der Waals surface area (Å²) in [5.41, 5.74) is -0.669. The summed E-state index contributed by atoms with van der Waals surface area (Å²) < 4.78 is 23.4. The van der Waals surface area contributed by atoms with E-state index >= 15 is 0 Å². The second-order valence-corrected chi connectivity index (χ2v) is 7.50. The summed E-state index contributed by atoms with van der Waals surface area (Å²) >= 11 is 0. The highest BCUT2D eigenvalue weighted by Crippen LogP contribution is 2.30. The number of hydrogen-bond acceptors (Lipinski definition) is 6. The number of hydrogen-bond donors (Lipinski definition) is 0. The molecular formula is C20H23N2O6P. The number of nitrogens with zero attached hydrogens (tertiary/aromatic N) is 2. The quantitative estimate of drug-likeness (QED) is 0.528. The fourth-order valence-electron chi connectivity index (χ4n) is 3.70. The van der Waals surface area contributed by atoms with Crippen LogP contribution < -0.4 is 11.2 Å². The van der Waals surface area contributed by atoms with Crippen LogP contribution in [0.3, 0.4) is 0 Å². The average molecular weight is 418 g/mol. The van der Waals surface area contributed by atoms with Crippen molar-refractivity contribution in [3.05, 3.63) is 68.5 Å². The minimum atomic E-state index is -0.650. The van der Waals surface area contributed by atoms with E-state index in [0.29, 0.717) is 16.6 Å². The first-order chi connectivity index (χ1) is 13.9. The molecule has 0 aliphatic heterocycles. The number of aryl methyl sites for hydroxylation is 1. The summed E-state index contributed by atoms with van der Waals surface area (Å²) in [4.78, 5) is 38.5. The third-order valence-electron chi connectivity index (χ3n) is 5.08. The monoisotopic (exact) mass is 418 g/mol. The lowest BCUT2D eigenvalue weighted by atomic mass is 9.92. The second kappa shape index (κ2) is 9.39. The highest BCUT2D eigenvalue weighted by molar-refractivity contribution is 7.17. The molecule has 1 heterocycles. The minimum absolute atomic E-state index is 0.178. The maximum Gasteiger partial charge on any atom is 0.338 e. The molecule has 1 saturated carbocycles. The summed E-state index contributed by atoms with van der Waals surface area (Å²) in [6.07, 6.45) is 3.56. The molecule has 8 nitrogen and oxygen atoms in total. The maximum atomic E-state index is 13.1. The summed E-state index contributed by atoms with van der Waals surface area (Å²) in [6.45, 7) is 3.25.